The monoisotopic (exact) mass is 379 g/mol. The van der Waals surface area contributed by atoms with Gasteiger partial charge in [0, 0.05) is 23.4 Å². The molecule has 3 rings (SSSR count). The molecule has 1 aromatic heterocycles. The number of rotatable bonds is 4. The highest BCUT2D eigenvalue weighted by Gasteiger charge is 2.20. The highest BCUT2D eigenvalue weighted by Crippen LogP contribution is 2.41. The predicted octanol–water partition coefficient (Wildman–Crippen LogP) is 4.76. The van der Waals surface area contributed by atoms with Crippen LogP contribution in [0.15, 0.2) is 36.5 Å². The van der Waals surface area contributed by atoms with Crippen LogP contribution >= 0.6 is 0 Å². The van der Waals surface area contributed by atoms with Crippen LogP contribution in [0.4, 0.5) is 5.95 Å². The highest BCUT2D eigenvalue weighted by molar-refractivity contribution is 5.84. The molecule has 6 nitrogen and oxygen atoms in total. The Kier molecular flexibility index (Phi) is 5.14. The van der Waals surface area contributed by atoms with Gasteiger partial charge in [-0.3, -0.25) is 0 Å². The van der Waals surface area contributed by atoms with Gasteiger partial charge in [0.25, 0.3) is 0 Å². The van der Waals surface area contributed by atoms with Crippen LogP contribution in [-0.4, -0.2) is 25.3 Å². The van der Waals surface area contributed by atoms with E-state index >= 15 is 0 Å². The highest BCUT2D eigenvalue weighted by atomic mass is 16.3. The van der Waals surface area contributed by atoms with Gasteiger partial charge in [-0.1, -0.05) is 27.7 Å². The maximum atomic E-state index is 10.7. The molecule has 0 aliphatic rings. The maximum absolute atomic E-state index is 10.7. The molecule has 6 heteroatoms. The third-order valence-electron chi connectivity index (χ3n) is 4.77. The maximum Gasteiger partial charge on any atom is 0.220 e. The lowest BCUT2D eigenvalue weighted by molar-refractivity contribution is 0.451. The van der Waals surface area contributed by atoms with Gasteiger partial charge in [0.15, 0.2) is 0 Å². The molecular formula is C22H25N3O3. The first kappa shape index (κ1) is 19.5. The summed E-state index contributed by atoms with van der Waals surface area (Å²) in [6, 6.07) is 8.16. The van der Waals surface area contributed by atoms with Crippen LogP contribution in [0.2, 0.25) is 0 Å². The summed E-state index contributed by atoms with van der Waals surface area (Å²) in [5.74, 6) is 0.484. The number of nitrogens with two attached hydrogens (primary N) is 1. The molecule has 0 bridgehead atoms. The van der Waals surface area contributed by atoms with Crippen LogP contribution in [0.3, 0.4) is 0 Å². The zero-order chi connectivity index (χ0) is 20.6. The smallest absolute Gasteiger partial charge is 0.220 e. The van der Waals surface area contributed by atoms with Crippen molar-refractivity contribution in [1.82, 2.24) is 9.97 Å². The Bertz CT molecular complexity index is 1000. The number of aromatic nitrogens is 2. The molecule has 0 aliphatic carbocycles. The van der Waals surface area contributed by atoms with Crippen LogP contribution in [0, 0.1) is 0 Å². The summed E-state index contributed by atoms with van der Waals surface area (Å²) in [5, 5.41) is 30.6. The fraction of sp³-hybridized carbons (Fsp3) is 0.273. The third-order valence-corrected chi connectivity index (χ3v) is 4.77. The Morgan fingerprint density at radius 2 is 1.46 bits per heavy atom. The number of nitrogen functional groups attached to an aromatic ring is 1. The van der Waals surface area contributed by atoms with Crippen LogP contribution in [0.1, 0.15) is 50.7 Å². The molecule has 3 aromatic rings. The van der Waals surface area contributed by atoms with Crippen molar-refractivity contribution in [3.63, 3.8) is 0 Å². The van der Waals surface area contributed by atoms with E-state index in [1.165, 1.54) is 12.1 Å². The zero-order valence-corrected chi connectivity index (χ0v) is 16.4. The second-order valence-electron chi connectivity index (χ2n) is 7.50. The van der Waals surface area contributed by atoms with E-state index in [-0.39, 0.29) is 29.3 Å². The Hall–Kier alpha value is -3.28. The minimum atomic E-state index is -0.105. The van der Waals surface area contributed by atoms with Crippen molar-refractivity contribution in [3.05, 3.63) is 47.7 Å². The molecule has 0 unspecified atom stereocenters. The van der Waals surface area contributed by atoms with E-state index in [2.05, 4.69) is 9.97 Å². The second kappa shape index (κ2) is 7.38. The van der Waals surface area contributed by atoms with Gasteiger partial charge in [-0.2, -0.15) is 0 Å². The molecule has 146 valence electrons. The van der Waals surface area contributed by atoms with E-state index in [4.69, 9.17) is 5.73 Å². The molecule has 1 heterocycles. The lowest BCUT2D eigenvalue weighted by atomic mass is 9.89. The van der Waals surface area contributed by atoms with Crippen LogP contribution in [0.25, 0.3) is 22.4 Å². The summed E-state index contributed by atoms with van der Waals surface area (Å²) >= 11 is 0. The van der Waals surface area contributed by atoms with E-state index < -0.39 is 0 Å². The lowest BCUT2D eigenvalue weighted by Crippen LogP contribution is -2.01. The second-order valence-corrected chi connectivity index (χ2v) is 7.50. The van der Waals surface area contributed by atoms with Crippen molar-refractivity contribution >= 4 is 5.95 Å². The normalized spacial score (nSPS) is 11.4. The van der Waals surface area contributed by atoms with Crippen molar-refractivity contribution in [2.24, 2.45) is 0 Å². The molecule has 0 spiro atoms. The van der Waals surface area contributed by atoms with Gasteiger partial charge in [0.2, 0.25) is 5.95 Å². The quantitative estimate of drug-likeness (QED) is 0.520. The summed E-state index contributed by atoms with van der Waals surface area (Å²) < 4.78 is 0. The number of phenols is 3. The molecule has 0 atom stereocenters. The Morgan fingerprint density at radius 1 is 0.857 bits per heavy atom. The van der Waals surface area contributed by atoms with Crippen LogP contribution in [0.5, 0.6) is 17.2 Å². The van der Waals surface area contributed by atoms with E-state index in [1.54, 1.807) is 12.3 Å². The van der Waals surface area contributed by atoms with Crippen molar-refractivity contribution < 1.29 is 15.3 Å². The van der Waals surface area contributed by atoms with E-state index in [1.807, 2.05) is 39.8 Å². The summed E-state index contributed by atoms with van der Waals surface area (Å²) in [4.78, 5) is 8.48. The van der Waals surface area contributed by atoms with E-state index in [9.17, 15) is 15.3 Å². The molecule has 0 fully saturated rings. The van der Waals surface area contributed by atoms with Crippen LogP contribution < -0.4 is 5.73 Å². The number of nitrogens with zero attached hydrogens (tertiary/aromatic N) is 2. The van der Waals surface area contributed by atoms with Gasteiger partial charge in [-0.15, -0.1) is 0 Å². The molecular weight excluding hydrogens is 354 g/mol. The van der Waals surface area contributed by atoms with Gasteiger partial charge in [-0.05, 0) is 52.8 Å². The van der Waals surface area contributed by atoms with E-state index in [0.29, 0.717) is 22.6 Å². The first-order valence-corrected chi connectivity index (χ1v) is 9.21. The average Bonchev–Trinajstić information content (AvgIpc) is 2.61. The van der Waals surface area contributed by atoms with Gasteiger partial charge in [0.05, 0.1) is 5.69 Å². The Balaban J connectivity index is 2.31. The topological polar surface area (TPSA) is 112 Å². The number of hydrogen-bond acceptors (Lipinski definition) is 6. The van der Waals surface area contributed by atoms with Crippen molar-refractivity contribution in [2.75, 3.05) is 5.73 Å². The average molecular weight is 379 g/mol. The summed E-state index contributed by atoms with van der Waals surface area (Å²) in [6.07, 6.45) is 1.62. The lowest BCUT2D eigenvalue weighted by Gasteiger charge is -2.19. The number of phenolic OH excluding ortho intramolecular Hbond substituents is 3. The molecule has 0 saturated carbocycles. The molecule has 0 radical (unpaired) electrons. The fourth-order valence-electron chi connectivity index (χ4n) is 3.25. The minimum absolute atomic E-state index is 0.0429. The number of benzene rings is 2. The first-order valence-electron chi connectivity index (χ1n) is 9.21. The first-order chi connectivity index (χ1) is 13.2. The summed E-state index contributed by atoms with van der Waals surface area (Å²) in [6.45, 7) is 8.09. The van der Waals surface area contributed by atoms with Crippen LogP contribution in [-0.2, 0) is 0 Å². The molecule has 0 amide bonds. The van der Waals surface area contributed by atoms with Crippen molar-refractivity contribution in [2.45, 2.75) is 39.5 Å². The van der Waals surface area contributed by atoms with Crippen molar-refractivity contribution in [1.29, 1.82) is 0 Å². The zero-order valence-electron chi connectivity index (χ0n) is 16.4. The molecule has 5 N–H and O–H groups in total. The number of hydrogen-bond donors (Lipinski definition) is 4. The SMILES string of the molecule is CC(C)c1cc(-c2cnc(N)nc2-c2ccc(O)cc2O)cc(C(C)C)c1O. The van der Waals surface area contributed by atoms with Crippen molar-refractivity contribution in [3.8, 4) is 39.6 Å². The van der Waals surface area contributed by atoms with Gasteiger partial charge >= 0.3 is 0 Å². The predicted molar refractivity (Wildman–Crippen MR) is 110 cm³/mol. The Morgan fingerprint density at radius 3 is 2.00 bits per heavy atom. The molecule has 2 aromatic carbocycles. The van der Waals surface area contributed by atoms with Gasteiger partial charge in [-0.25, -0.2) is 9.97 Å². The number of aromatic hydroxyl groups is 3. The van der Waals surface area contributed by atoms with Gasteiger partial charge < -0.3 is 21.1 Å². The number of anilines is 1. The van der Waals surface area contributed by atoms with E-state index in [0.717, 1.165) is 16.7 Å². The summed E-state index contributed by atoms with van der Waals surface area (Å²) in [7, 11) is 0. The largest absolute Gasteiger partial charge is 0.508 e. The molecule has 28 heavy (non-hydrogen) atoms. The third kappa shape index (κ3) is 3.58. The fourth-order valence-corrected chi connectivity index (χ4v) is 3.25. The standard InChI is InChI=1S/C22H25N3O3/c1-11(2)16-7-13(8-17(12(3)4)21(16)28)18-10-24-22(23)25-20(18)15-6-5-14(26)9-19(15)27/h5-12,26-28H,1-4H3,(H2,23,24,25). The Labute approximate surface area is 164 Å². The molecule has 0 saturated heterocycles. The minimum Gasteiger partial charge on any atom is -0.508 e. The van der Waals surface area contributed by atoms with Gasteiger partial charge in [0.1, 0.15) is 17.2 Å². The molecule has 0 aliphatic heterocycles. The summed E-state index contributed by atoms with van der Waals surface area (Å²) in [5.41, 5.74) is 9.88.